The maximum atomic E-state index is 10.8. The van der Waals surface area contributed by atoms with Gasteiger partial charge in [0.1, 0.15) is 11.3 Å². The number of carboxylic acid groups (broad SMARTS) is 1. The predicted octanol–water partition coefficient (Wildman–Crippen LogP) is 2.83. The molecule has 0 saturated heterocycles. The maximum absolute atomic E-state index is 10.8. The maximum Gasteiger partial charge on any atom is 0.353 e. The number of nitrogens with zero attached hydrogens (tertiary/aromatic N) is 1. The minimum Gasteiger partial charge on any atom is -0.477 e. The average molecular weight is 242 g/mol. The van der Waals surface area contributed by atoms with Gasteiger partial charge in [0.2, 0.25) is 0 Å². The lowest BCUT2D eigenvalue weighted by atomic mass is 10.1. The second kappa shape index (κ2) is 3.73. The van der Waals surface area contributed by atoms with Crippen LogP contribution in [0.4, 0.5) is 0 Å². The monoisotopic (exact) mass is 242 g/mol. The lowest BCUT2D eigenvalue weighted by molar-refractivity contribution is 0.0690. The van der Waals surface area contributed by atoms with Gasteiger partial charge in [0, 0.05) is 10.9 Å². The number of rotatable bonds is 2. The minimum absolute atomic E-state index is 0.0701. The molecule has 0 aliphatic rings. The Morgan fingerprint density at radius 3 is 2.94 bits per heavy atom. The molecule has 2 heterocycles. The zero-order chi connectivity index (χ0) is 12.7. The van der Waals surface area contributed by atoms with E-state index in [1.165, 1.54) is 6.07 Å². The summed E-state index contributed by atoms with van der Waals surface area (Å²) in [6.07, 6.45) is 1.70. The number of aryl methyl sites for hydroxylation is 1. The van der Waals surface area contributed by atoms with Crippen molar-refractivity contribution >= 4 is 16.9 Å². The van der Waals surface area contributed by atoms with Gasteiger partial charge in [0.25, 0.3) is 0 Å². The number of furan rings is 1. The number of carbonyl (C=O) groups is 1. The zero-order valence-electron chi connectivity index (χ0n) is 9.60. The molecule has 5 heteroatoms. The number of nitrogens with one attached hydrogen (secondary N) is 1. The van der Waals surface area contributed by atoms with Crippen LogP contribution in [0.25, 0.3) is 22.2 Å². The van der Waals surface area contributed by atoms with Gasteiger partial charge in [-0.1, -0.05) is 12.1 Å². The minimum atomic E-state index is -1.02. The van der Waals surface area contributed by atoms with Gasteiger partial charge in [-0.3, -0.25) is 5.10 Å². The molecule has 0 amide bonds. The highest BCUT2D eigenvalue weighted by molar-refractivity contribution is 5.88. The van der Waals surface area contributed by atoms with E-state index in [0.717, 1.165) is 22.1 Å². The second-order valence-electron chi connectivity index (χ2n) is 4.10. The Hall–Kier alpha value is -2.56. The molecule has 2 N–H and O–H groups in total. The van der Waals surface area contributed by atoms with Crippen molar-refractivity contribution in [2.45, 2.75) is 6.92 Å². The van der Waals surface area contributed by atoms with Crippen molar-refractivity contribution < 1.29 is 14.3 Å². The van der Waals surface area contributed by atoms with Crippen LogP contribution in [0.2, 0.25) is 0 Å². The summed E-state index contributed by atoms with van der Waals surface area (Å²) in [6.45, 7) is 1.97. The van der Waals surface area contributed by atoms with E-state index in [1.807, 2.05) is 25.1 Å². The topological polar surface area (TPSA) is 79.1 Å². The molecule has 0 radical (unpaired) electrons. The van der Waals surface area contributed by atoms with Gasteiger partial charge < -0.3 is 9.52 Å². The fourth-order valence-corrected chi connectivity index (χ4v) is 1.90. The largest absolute Gasteiger partial charge is 0.477 e. The van der Waals surface area contributed by atoms with Crippen LogP contribution in [-0.2, 0) is 0 Å². The molecule has 1 aromatic carbocycles. The molecule has 0 unspecified atom stereocenters. The first kappa shape index (κ1) is 10.6. The van der Waals surface area contributed by atoms with E-state index >= 15 is 0 Å². The fraction of sp³-hybridized carbons (Fsp3) is 0.0769. The molecule has 2 aromatic heterocycles. The highest BCUT2D eigenvalue weighted by atomic mass is 16.4. The fourth-order valence-electron chi connectivity index (χ4n) is 1.90. The summed E-state index contributed by atoms with van der Waals surface area (Å²) in [6, 6.07) is 7.19. The van der Waals surface area contributed by atoms with Crippen LogP contribution in [0, 0.1) is 6.92 Å². The summed E-state index contributed by atoms with van der Waals surface area (Å²) in [5.41, 5.74) is 3.32. The van der Waals surface area contributed by atoms with Crippen LogP contribution in [0.15, 0.2) is 34.9 Å². The van der Waals surface area contributed by atoms with E-state index in [2.05, 4.69) is 10.2 Å². The third kappa shape index (κ3) is 1.57. The van der Waals surface area contributed by atoms with Crippen molar-refractivity contribution in [1.82, 2.24) is 10.2 Å². The Bertz CT molecular complexity index is 740. The summed E-state index contributed by atoms with van der Waals surface area (Å²) in [4.78, 5) is 10.8. The number of aromatic carboxylic acids is 1. The number of carboxylic acids is 1. The molecule has 3 rings (SSSR count). The van der Waals surface area contributed by atoms with Crippen molar-refractivity contribution in [3.05, 3.63) is 41.8 Å². The highest BCUT2D eigenvalue weighted by Crippen LogP contribution is 2.26. The number of aromatic nitrogens is 2. The zero-order valence-corrected chi connectivity index (χ0v) is 9.60. The second-order valence-corrected chi connectivity index (χ2v) is 4.10. The van der Waals surface area contributed by atoms with E-state index in [1.54, 1.807) is 6.26 Å². The quantitative estimate of drug-likeness (QED) is 0.724. The third-order valence-electron chi connectivity index (χ3n) is 2.87. The molecule has 0 bridgehead atoms. The van der Waals surface area contributed by atoms with E-state index in [0.29, 0.717) is 5.69 Å². The average Bonchev–Trinajstić information content (AvgIpc) is 2.96. The highest BCUT2D eigenvalue weighted by Gasteiger charge is 2.10. The third-order valence-corrected chi connectivity index (χ3v) is 2.87. The standard InChI is InChI=1S/C13H10N2O3/c1-7-6-18-12-4-8(2-3-9(7)12)10-5-11(13(16)17)15-14-10/h2-6H,1H3,(H,14,15)(H,16,17). The van der Waals surface area contributed by atoms with Crippen LogP contribution in [-0.4, -0.2) is 21.3 Å². The van der Waals surface area contributed by atoms with Gasteiger partial charge in [0.15, 0.2) is 0 Å². The van der Waals surface area contributed by atoms with Gasteiger partial charge >= 0.3 is 5.97 Å². The van der Waals surface area contributed by atoms with Crippen LogP contribution in [0.3, 0.4) is 0 Å². The first-order valence-electron chi connectivity index (χ1n) is 5.42. The Labute approximate surface area is 102 Å². The molecule has 18 heavy (non-hydrogen) atoms. The van der Waals surface area contributed by atoms with Crippen molar-refractivity contribution in [3.8, 4) is 11.3 Å². The van der Waals surface area contributed by atoms with Crippen molar-refractivity contribution in [2.24, 2.45) is 0 Å². The molecular formula is C13H10N2O3. The van der Waals surface area contributed by atoms with Gasteiger partial charge in [0.05, 0.1) is 12.0 Å². The lowest BCUT2D eigenvalue weighted by Crippen LogP contribution is -1.95. The molecule has 5 nitrogen and oxygen atoms in total. The van der Waals surface area contributed by atoms with Gasteiger partial charge in [-0.25, -0.2) is 4.79 Å². The van der Waals surface area contributed by atoms with Crippen molar-refractivity contribution in [3.63, 3.8) is 0 Å². The SMILES string of the molecule is Cc1coc2cc(-c3cc(C(=O)O)[nH]n3)ccc12. The molecule has 0 fully saturated rings. The summed E-state index contributed by atoms with van der Waals surface area (Å²) < 4.78 is 5.41. The van der Waals surface area contributed by atoms with Crippen LogP contribution in [0.5, 0.6) is 0 Å². The van der Waals surface area contributed by atoms with Crippen LogP contribution >= 0.6 is 0 Å². The Morgan fingerprint density at radius 2 is 2.22 bits per heavy atom. The number of H-pyrrole nitrogens is 1. The van der Waals surface area contributed by atoms with Gasteiger partial charge in [-0.15, -0.1) is 0 Å². The number of aromatic amines is 1. The summed E-state index contributed by atoms with van der Waals surface area (Å²) >= 11 is 0. The number of benzene rings is 1. The molecule has 0 saturated carbocycles. The molecule has 3 aromatic rings. The smallest absolute Gasteiger partial charge is 0.353 e. The molecule has 0 spiro atoms. The molecule has 0 aliphatic carbocycles. The summed E-state index contributed by atoms with van der Waals surface area (Å²) in [5.74, 6) is -1.02. The van der Waals surface area contributed by atoms with E-state index < -0.39 is 5.97 Å². The van der Waals surface area contributed by atoms with Gasteiger partial charge in [-0.2, -0.15) is 5.10 Å². The predicted molar refractivity (Wildman–Crippen MR) is 65.5 cm³/mol. The normalized spacial score (nSPS) is 10.9. The van der Waals surface area contributed by atoms with E-state index in [4.69, 9.17) is 9.52 Å². The van der Waals surface area contributed by atoms with Gasteiger partial charge in [-0.05, 0) is 24.6 Å². The van der Waals surface area contributed by atoms with Crippen molar-refractivity contribution in [2.75, 3.05) is 0 Å². The summed E-state index contributed by atoms with van der Waals surface area (Å²) in [5, 5.41) is 16.3. The van der Waals surface area contributed by atoms with Crippen LogP contribution in [0.1, 0.15) is 16.1 Å². The van der Waals surface area contributed by atoms with Crippen LogP contribution < -0.4 is 0 Å². The summed E-state index contributed by atoms with van der Waals surface area (Å²) in [7, 11) is 0. The molecule has 0 atom stereocenters. The lowest BCUT2D eigenvalue weighted by Gasteiger charge is -1.96. The van der Waals surface area contributed by atoms with E-state index in [-0.39, 0.29) is 5.69 Å². The van der Waals surface area contributed by atoms with Crippen molar-refractivity contribution in [1.29, 1.82) is 0 Å². The Morgan fingerprint density at radius 1 is 1.39 bits per heavy atom. The number of fused-ring (bicyclic) bond motifs is 1. The molecule has 90 valence electrons. The molecule has 0 aliphatic heterocycles. The van der Waals surface area contributed by atoms with E-state index in [9.17, 15) is 4.79 Å². The Balaban J connectivity index is 2.10. The molecular weight excluding hydrogens is 232 g/mol. The Kier molecular flexibility index (Phi) is 2.19. The number of hydrogen-bond acceptors (Lipinski definition) is 3. The number of hydrogen-bond donors (Lipinski definition) is 2. The first-order valence-corrected chi connectivity index (χ1v) is 5.42. The first-order chi connectivity index (χ1) is 8.65.